The molecule has 1 fully saturated rings. The van der Waals surface area contributed by atoms with Crippen molar-refractivity contribution in [3.63, 3.8) is 0 Å². The number of anilines is 2. The Hall–Kier alpha value is -3.94. The molecule has 8 heteroatoms. The summed E-state index contributed by atoms with van der Waals surface area (Å²) in [6, 6.07) is 10.4. The van der Waals surface area contributed by atoms with Gasteiger partial charge in [0.05, 0.1) is 29.1 Å². The maximum Gasteiger partial charge on any atom is 0.255 e. The van der Waals surface area contributed by atoms with Gasteiger partial charge in [-0.25, -0.2) is 9.37 Å². The zero-order valence-electron chi connectivity index (χ0n) is 19.0. The van der Waals surface area contributed by atoms with Gasteiger partial charge >= 0.3 is 0 Å². The van der Waals surface area contributed by atoms with Crippen molar-refractivity contribution in [1.29, 1.82) is 0 Å². The molecule has 1 saturated carbocycles. The SMILES string of the molecule is CCOc1ccc2nccc(-c3[nH]c4c(c3Nc3cccc(F)c3C)C(=O)NCC43CC3)c2n1. The minimum Gasteiger partial charge on any atom is -0.478 e. The van der Waals surface area contributed by atoms with Crippen molar-refractivity contribution >= 4 is 28.3 Å². The maximum atomic E-state index is 14.3. The summed E-state index contributed by atoms with van der Waals surface area (Å²) in [5.41, 5.74) is 6.02. The van der Waals surface area contributed by atoms with Crippen molar-refractivity contribution in [3.8, 4) is 17.1 Å². The first-order valence-corrected chi connectivity index (χ1v) is 11.5. The number of hydrogen-bond acceptors (Lipinski definition) is 5. The van der Waals surface area contributed by atoms with E-state index in [1.807, 2.05) is 25.1 Å². The lowest BCUT2D eigenvalue weighted by molar-refractivity contribution is 0.0938. The van der Waals surface area contributed by atoms with Gasteiger partial charge in [0.1, 0.15) is 11.3 Å². The van der Waals surface area contributed by atoms with Crippen molar-refractivity contribution < 1.29 is 13.9 Å². The zero-order valence-corrected chi connectivity index (χ0v) is 19.0. The van der Waals surface area contributed by atoms with Crippen LogP contribution in [0.2, 0.25) is 0 Å². The summed E-state index contributed by atoms with van der Waals surface area (Å²) in [4.78, 5) is 25.9. The van der Waals surface area contributed by atoms with Gasteiger partial charge in [-0.3, -0.25) is 9.78 Å². The van der Waals surface area contributed by atoms with Crippen LogP contribution >= 0.6 is 0 Å². The summed E-state index contributed by atoms with van der Waals surface area (Å²) < 4.78 is 20.0. The summed E-state index contributed by atoms with van der Waals surface area (Å²) >= 11 is 0. The number of aromatic nitrogens is 3. The van der Waals surface area contributed by atoms with Gasteiger partial charge in [-0.2, -0.15) is 0 Å². The van der Waals surface area contributed by atoms with Crippen LogP contribution in [0.5, 0.6) is 5.88 Å². The van der Waals surface area contributed by atoms with Crippen molar-refractivity contribution in [2.45, 2.75) is 32.1 Å². The van der Waals surface area contributed by atoms with E-state index in [0.717, 1.165) is 29.8 Å². The largest absolute Gasteiger partial charge is 0.478 e. The minimum atomic E-state index is -0.309. The van der Waals surface area contributed by atoms with Crippen LogP contribution in [0.15, 0.2) is 42.6 Å². The molecule has 1 aliphatic carbocycles. The number of nitrogens with one attached hydrogen (secondary N) is 3. The van der Waals surface area contributed by atoms with Crippen LogP contribution in [-0.2, 0) is 5.41 Å². The normalized spacial score (nSPS) is 15.8. The predicted octanol–water partition coefficient (Wildman–Crippen LogP) is 4.99. The Labute approximate surface area is 195 Å². The van der Waals surface area contributed by atoms with Crippen molar-refractivity contribution in [3.05, 3.63) is 65.2 Å². The molecule has 2 aliphatic rings. The van der Waals surface area contributed by atoms with Gasteiger partial charge in [0, 0.05) is 46.7 Å². The standard InChI is InChI=1S/C26H24FN5O2/c1-3-34-19-8-7-18-21(31-19)15(9-12-28-18)22-23(30-17-6-4-5-16(27)14(17)2)20-24(32-22)26(10-11-26)13-29-25(20)33/h4-9,12,30,32H,3,10-11,13H2,1-2H3,(H,29,33). The molecule has 1 spiro atoms. The summed E-state index contributed by atoms with van der Waals surface area (Å²) in [7, 11) is 0. The van der Waals surface area contributed by atoms with E-state index < -0.39 is 0 Å². The number of ether oxygens (including phenoxy) is 1. The van der Waals surface area contributed by atoms with E-state index in [-0.39, 0.29) is 17.1 Å². The molecule has 0 saturated heterocycles. The summed E-state index contributed by atoms with van der Waals surface area (Å²) in [6.07, 6.45) is 3.73. The molecule has 6 rings (SSSR count). The van der Waals surface area contributed by atoms with Gasteiger partial charge in [-0.05, 0) is 51.0 Å². The average molecular weight is 458 g/mol. The predicted molar refractivity (Wildman–Crippen MR) is 128 cm³/mol. The van der Waals surface area contributed by atoms with Crippen molar-refractivity contribution in [1.82, 2.24) is 20.3 Å². The van der Waals surface area contributed by atoms with Gasteiger partial charge in [-0.1, -0.05) is 6.07 Å². The highest BCUT2D eigenvalue weighted by atomic mass is 19.1. The van der Waals surface area contributed by atoms with Gasteiger partial charge in [-0.15, -0.1) is 0 Å². The Balaban J connectivity index is 1.61. The van der Waals surface area contributed by atoms with Crippen LogP contribution in [0, 0.1) is 12.7 Å². The molecule has 34 heavy (non-hydrogen) atoms. The summed E-state index contributed by atoms with van der Waals surface area (Å²) in [6.45, 7) is 4.74. The number of rotatable bonds is 5. The van der Waals surface area contributed by atoms with E-state index >= 15 is 0 Å². The second-order valence-electron chi connectivity index (χ2n) is 8.93. The summed E-state index contributed by atoms with van der Waals surface area (Å²) in [5.74, 6) is 0.0526. The Bertz CT molecular complexity index is 1460. The van der Waals surface area contributed by atoms with E-state index in [1.54, 1.807) is 25.3 Å². The first-order valence-electron chi connectivity index (χ1n) is 11.5. The maximum absolute atomic E-state index is 14.3. The molecule has 1 aliphatic heterocycles. The molecule has 3 aromatic heterocycles. The van der Waals surface area contributed by atoms with E-state index in [4.69, 9.17) is 9.72 Å². The number of nitrogens with zero attached hydrogens (tertiary/aromatic N) is 2. The van der Waals surface area contributed by atoms with Crippen LogP contribution in [0.25, 0.3) is 22.3 Å². The van der Waals surface area contributed by atoms with Crippen LogP contribution in [-0.4, -0.2) is 34.0 Å². The molecule has 0 bridgehead atoms. The number of amides is 1. The number of fused-ring (bicyclic) bond motifs is 3. The molecule has 4 heterocycles. The molecule has 1 amide bonds. The molecule has 4 aromatic rings. The van der Waals surface area contributed by atoms with E-state index in [2.05, 4.69) is 20.6 Å². The van der Waals surface area contributed by atoms with Crippen LogP contribution in [0.4, 0.5) is 15.8 Å². The number of aromatic amines is 1. The number of benzene rings is 1. The molecule has 0 radical (unpaired) electrons. The van der Waals surface area contributed by atoms with Gasteiger partial charge in [0.25, 0.3) is 5.91 Å². The zero-order chi connectivity index (χ0) is 23.4. The third-order valence-electron chi connectivity index (χ3n) is 6.85. The first-order chi connectivity index (χ1) is 16.5. The lowest BCUT2D eigenvalue weighted by Gasteiger charge is -2.23. The second-order valence-corrected chi connectivity index (χ2v) is 8.93. The minimum absolute atomic E-state index is 0.0817. The average Bonchev–Trinajstić information content (AvgIpc) is 3.52. The van der Waals surface area contributed by atoms with Crippen LogP contribution in [0.1, 0.15) is 41.4 Å². The Morgan fingerprint density at radius 2 is 2.06 bits per heavy atom. The number of halogens is 1. The quantitative estimate of drug-likeness (QED) is 0.393. The van der Waals surface area contributed by atoms with Crippen molar-refractivity contribution in [2.24, 2.45) is 0 Å². The molecular formula is C26H24FN5O2. The number of H-pyrrole nitrogens is 1. The van der Waals surface area contributed by atoms with Gasteiger partial charge < -0.3 is 20.4 Å². The highest BCUT2D eigenvalue weighted by molar-refractivity contribution is 6.08. The fourth-order valence-electron chi connectivity index (χ4n) is 4.77. The topological polar surface area (TPSA) is 91.9 Å². The van der Waals surface area contributed by atoms with E-state index in [9.17, 15) is 9.18 Å². The molecule has 0 unspecified atom stereocenters. The number of carbonyl (C=O) groups is 1. The third kappa shape index (κ3) is 3.13. The summed E-state index contributed by atoms with van der Waals surface area (Å²) in [5, 5.41) is 6.43. The van der Waals surface area contributed by atoms with Gasteiger partial charge in [0.15, 0.2) is 0 Å². The fourth-order valence-corrected chi connectivity index (χ4v) is 4.77. The second kappa shape index (κ2) is 7.55. The molecule has 1 aromatic carbocycles. The molecule has 0 atom stereocenters. The Morgan fingerprint density at radius 1 is 1.21 bits per heavy atom. The molecular weight excluding hydrogens is 433 g/mol. The molecule has 7 nitrogen and oxygen atoms in total. The van der Waals surface area contributed by atoms with Crippen LogP contribution < -0.4 is 15.4 Å². The third-order valence-corrected chi connectivity index (χ3v) is 6.85. The van der Waals surface area contributed by atoms with E-state index in [0.29, 0.717) is 52.6 Å². The number of pyridine rings is 2. The monoisotopic (exact) mass is 457 g/mol. The fraction of sp³-hybridized carbons (Fsp3) is 0.269. The van der Waals surface area contributed by atoms with Crippen molar-refractivity contribution in [2.75, 3.05) is 18.5 Å². The van der Waals surface area contributed by atoms with Gasteiger partial charge in [0.2, 0.25) is 5.88 Å². The lowest BCUT2D eigenvalue weighted by Crippen LogP contribution is -2.39. The highest BCUT2D eigenvalue weighted by Crippen LogP contribution is 2.53. The molecule has 172 valence electrons. The first kappa shape index (κ1) is 20.7. The Morgan fingerprint density at radius 3 is 2.85 bits per heavy atom. The number of carbonyl (C=O) groups excluding carboxylic acids is 1. The lowest BCUT2D eigenvalue weighted by atomic mass is 9.93. The molecule has 3 N–H and O–H groups in total. The Kier molecular flexibility index (Phi) is 4.58. The van der Waals surface area contributed by atoms with E-state index in [1.165, 1.54) is 6.07 Å². The smallest absolute Gasteiger partial charge is 0.255 e. The highest BCUT2D eigenvalue weighted by Gasteiger charge is 2.51. The van der Waals surface area contributed by atoms with Crippen LogP contribution in [0.3, 0.4) is 0 Å². The number of hydrogen-bond donors (Lipinski definition) is 3.